The molecule has 1 aromatic rings. The quantitative estimate of drug-likeness (QED) is 0.894. The highest BCUT2D eigenvalue weighted by molar-refractivity contribution is 5.68. The van der Waals surface area contributed by atoms with Crippen molar-refractivity contribution in [3.8, 4) is 5.75 Å². The Bertz CT molecular complexity index is 577. The van der Waals surface area contributed by atoms with Crippen LogP contribution < -0.4 is 10.2 Å². The van der Waals surface area contributed by atoms with Crippen molar-refractivity contribution in [3.05, 3.63) is 24.3 Å². The zero-order valence-corrected chi connectivity index (χ0v) is 14.4. The molecule has 0 saturated carbocycles. The monoisotopic (exact) mass is 361 g/mol. The molecule has 0 radical (unpaired) electrons. The summed E-state index contributed by atoms with van der Waals surface area (Å²) in [4.78, 5) is 13.6. The molecule has 1 heterocycles. The summed E-state index contributed by atoms with van der Waals surface area (Å²) in [5.41, 5.74) is 3.20. The molecule has 1 aliphatic rings. The minimum absolute atomic E-state index is 0.271. The van der Waals surface area contributed by atoms with Crippen LogP contribution in [0.25, 0.3) is 0 Å². The van der Waals surface area contributed by atoms with E-state index < -0.39 is 12.0 Å². The van der Waals surface area contributed by atoms with Crippen molar-refractivity contribution in [2.75, 3.05) is 31.6 Å². The molecule has 1 aliphatic heterocycles. The molecule has 1 aromatic carbocycles. The van der Waals surface area contributed by atoms with Crippen LogP contribution in [0, 0.1) is 0 Å². The number of rotatable bonds is 3. The van der Waals surface area contributed by atoms with Gasteiger partial charge in [-0.1, -0.05) is 0 Å². The number of benzene rings is 1. The van der Waals surface area contributed by atoms with Gasteiger partial charge in [0.1, 0.15) is 11.4 Å². The highest BCUT2D eigenvalue weighted by atomic mass is 19.4. The minimum atomic E-state index is -4.70. The Kier molecular flexibility index (Phi) is 5.66. The first-order valence-electron chi connectivity index (χ1n) is 7.87. The molecule has 0 bridgehead atoms. The Labute approximate surface area is 144 Å². The summed E-state index contributed by atoms with van der Waals surface area (Å²) in [6.45, 7) is 7.58. The Hall–Kier alpha value is -2.16. The number of alkyl halides is 3. The zero-order chi connectivity index (χ0) is 18.7. The van der Waals surface area contributed by atoms with Crippen molar-refractivity contribution in [2.24, 2.45) is 0 Å². The molecule has 0 aliphatic carbocycles. The molecule has 1 saturated heterocycles. The lowest BCUT2D eigenvalue weighted by Crippen LogP contribution is -2.51. The number of hydrazine groups is 1. The highest BCUT2D eigenvalue weighted by Gasteiger charge is 2.31. The number of hydrogen-bond donors (Lipinski definition) is 1. The van der Waals surface area contributed by atoms with Gasteiger partial charge in [0.2, 0.25) is 0 Å². The molecule has 0 atom stereocenters. The van der Waals surface area contributed by atoms with E-state index in [2.05, 4.69) is 10.2 Å². The number of carbonyl (C=O) groups excluding carboxylic acids is 1. The molecule has 0 unspecified atom stereocenters. The summed E-state index contributed by atoms with van der Waals surface area (Å²) >= 11 is 0. The molecule has 9 heteroatoms. The van der Waals surface area contributed by atoms with Gasteiger partial charge in [-0.2, -0.15) is 0 Å². The number of piperazine rings is 1. The summed E-state index contributed by atoms with van der Waals surface area (Å²) in [6, 6.07) is 5.49. The number of amides is 1. The van der Waals surface area contributed by atoms with Gasteiger partial charge in [0.15, 0.2) is 0 Å². The highest BCUT2D eigenvalue weighted by Crippen LogP contribution is 2.24. The maximum Gasteiger partial charge on any atom is 0.573 e. The second-order valence-corrected chi connectivity index (χ2v) is 6.64. The van der Waals surface area contributed by atoms with Crippen molar-refractivity contribution in [1.82, 2.24) is 9.91 Å². The summed E-state index contributed by atoms with van der Waals surface area (Å²) in [5.74, 6) is -0.271. The number of ether oxygens (including phenoxy) is 2. The smallest absolute Gasteiger partial charge is 0.444 e. The van der Waals surface area contributed by atoms with E-state index in [1.165, 1.54) is 24.3 Å². The van der Waals surface area contributed by atoms with Gasteiger partial charge in [-0.05, 0) is 45.0 Å². The molecule has 140 valence electrons. The van der Waals surface area contributed by atoms with E-state index in [-0.39, 0.29) is 11.8 Å². The van der Waals surface area contributed by atoms with Gasteiger partial charge in [0, 0.05) is 31.9 Å². The van der Waals surface area contributed by atoms with Crippen LogP contribution in [0.1, 0.15) is 20.8 Å². The van der Waals surface area contributed by atoms with Crippen LogP contribution in [-0.4, -0.2) is 54.1 Å². The van der Waals surface area contributed by atoms with Crippen LogP contribution in [0.2, 0.25) is 0 Å². The lowest BCUT2D eigenvalue weighted by molar-refractivity contribution is -0.274. The van der Waals surface area contributed by atoms with Crippen LogP contribution in [0.3, 0.4) is 0 Å². The zero-order valence-electron chi connectivity index (χ0n) is 14.4. The Morgan fingerprint density at radius 3 is 2.08 bits per heavy atom. The molecule has 1 amide bonds. The molecular weight excluding hydrogens is 339 g/mol. The second-order valence-electron chi connectivity index (χ2n) is 6.64. The average molecular weight is 361 g/mol. The Balaban J connectivity index is 1.81. The molecule has 0 spiro atoms. The SMILES string of the molecule is CC(C)(C)OC(=O)N1CCN(Nc2ccc(OC(F)(F)F)cc2)CC1. The van der Waals surface area contributed by atoms with Gasteiger partial charge in [0.25, 0.3) is 0 Å². The van der Waals surface area contributed by atoms with Crippen molar-refractivity contribution < 1.29 is 27.4 Å². The van der Waals surface area contributed by atoms with Crippen molar-refractivity contribution in [1.29, 1.82) is 0 Å². The van der Waals surface area contributed by atoms with E-state index in [9.17, 15) is 18.0 Å². The van der Waals surface area contributed by atoms with Crippen molar-refractivity contribution in [3.63, 3.8) is 0 Å². The van der Waals surface area contributed by atoms with Gasteiger partial charge in [-0.15, -0.1) is 13.2 Å². The average Bonchev–Trinajstić information content (AvgIpc) is 2.47. The number of carbonyl (C=O) groups is 1. The standard InChI is InChI=1S/C16H22F3N3O3/c1-15(2,3)25-14(23)21-8-10-22(11-9-21)20-12-4-6-13(7-5-12)24-16(17,18)19/h4-7,20H,8-11H2,1-3H3. The first kappa shape index (κ1) is 19.2. The number of anilines is 1. The van der Waals surface area contributed by atoms with Gasteiger partial charge in [-0.3, -0.25) is 0 Å². The fourth-order valence-electron chi connectivity index (χ4n) is 2.24. The van der Waals surface area contributed by atoms with E-state index in [4.69, 9.17) is 4.74 Å². The van der Waals surface area contributed by atoms with Crippen LogP contribution >= 0.6 is 0 Å². The number of nitrogens with zero attached hydrogens (tertiary/aromatic N) is 2. The maximum absolute atomic E-state index is 12.1. The third-order valence-electron chi connectivity index (χ3n) is 3.31. The molecule has 6 nitrogen and oxygen atoms in total. The van der Waals surface area contributed by atoms with Gasteiger partial charge < -0.3 is 19.8 Å². The largest absolute Gasteiger partial charge is 0.573 e. The molecule has 25 heavy (non-hydrogen) atoms. The molecule has 0 aromatic heterocycles. The van der Waals surface area contributed by atoms with E-state index >= 15 is 0 Å². The van der Waals surface area contributed by atoms with Crippen LogP contribution in [0.4, 0.5) is 23.7 Å². The maximum atomic E-state index is 12.1. The fourth-order valence-corrected chi connectivity index (χ4v) is 2.24. The Morgan fingerprint density at radius 2 is 1.60 bits per heavy atom. The van der Waals surface area contributed by atoms with Crippen molar-refractivity contribution in [2.45, 2.75) is 32.7 Å². The van der Waals surface area contributed by atoms with Crippen LogP contribution in [0.5, 0.6) is 5.75 Å². The van der Waals surface area contributed by atoms with Gasteiger partial charge in [-0.25, -0.2) is 9.80 Å². The third kappa shape index (κ3) is 6.69. The third-order valence-corrected chi connectivity index (χ3v) is 3.31. The van der Waals surface area contributed by atoms with E-state index in [1.807, 2.05) is 25.8 Å². The summed E-state index contributed by atoms with van der Waals surface area (Å²) in [5, 5.41) is 1.89. The van der Waals surface area contributed by atoms with E-state index in [0.29, 0.717) is 31.9 Å². The molecule has 1 N–H and O–H groups in total. The number of hydrogen-bond acceptors (Lipinski definition) is 5. The van der Waals surface area contributed by atoms with Crippen molar-refractivity contribution >= 4 is 11.8 Å². The lowest BCUT2D eigenvalue weighted by atomic mass is 10.2. The lowest BCUT2D eigenvalue weighted by Gasteiger charge is -2.36. The minimum Gasteiger partial charge on any atom is -0.444 e. The van der Waals surface area contributed by atoms with Crippen LogP contribution in [-0.2, 0) is 4.74 Å². The predicted octanol–water partition coefficient (Wildman–Crippen LogP) is 3.46. The first-order valence-corrected chi connectivity index (χ1v) is 7.87. The normalized spacial score (nSPS) is 16.5. The molecular formula is C16H22F3N3O3. The topological polar surface area (TPSA) is 54.0 Å². The van der Waals surface area contributed by atoms with Gasteiger partial charge in [0.05, 0.1) is 0 Å². The van der Waals surface area contributed by atoms with Gasteiger partial charge >= 0.3 is 12.5 Å². The predicted molar refractivity (Wildman–Crippen MR) is 86.1 cm³/mol. The first-order chi connectivity index (χ1) is 11.5. The molecule has 2 rings (SSSR count). The fraction of sp³-hybridized carbons (Fsp3) is 0.562. The van der Waals surface area contributed by atoms with E-state index in [1.54, 1.807) is 4.90 Å². The number of halogens is 3. The molecule has 1 fully saturated rings. The summed E-state index contributed by atoms with van der Waals surface area (Å²) < 4.78 is 45.5. The summed E-state index contributed by atoms with van der Waals surface area (Å²) in [6.07, 6.45) is -5.05. The Morgan fingerprint density at radius 1 is 1.04 bits per heavy atom. The summed E-state index contributed by atoms with van der Waals surface area (Å²) in [7, 11) is 0. The van der Waals surface area contributed by atoms with Crippen LogP contribution in [0.15, 0.2) is 24.3 Å². The van der Waals surface area contributed by atoms with E-state index in [0.717, 1.165) is 0 Å². The second kappa shape index (κ2) is 7.38. The number of nitrogens with one attached hydrogen (secondary N) is 1.